The lowest BCUT2D eigenvalue weighted by atomic mass is 10.3. The molecule has 9 heteroatoms. The molecule has 0 spiro atoms. The number of aromatic nitrogens is 2. The van der Waals surface area contributed by atoms with E-state index < -0.39 is 10.0 Å². The molecule has 0 fully saturated rings. The Balaban J connectivity index is 1.73. The van der Waals surface area contributed by atoms with E-state index in [0.29, 0.717) is 11.4 Å². The van der Waals surface area contributed by atoms with E-state index in [2.05, 4.69) is 14.2 Å². The fourth-order valence-electron chi connectivity index (χ4n) is 3.14. The maximum atomic E-state index is 12.5. The van der Waals surface area contributed by atoms with E-state index in [-0.39, 0.29) is 16.5 Å². The average molecular weight is 455 g/mol. The summed E-state index contributed by atoms with van der Waals surface area (Å²) in [6.45, 7) is 2.03. The van der Waals surface area contributed by atoms with Crippen LogP contribution in [0.25, 0.3) is 11.0 Å². The molecule has 2 aromatic carbocycles. The smallest absolute Gasteiger partial charge is 0.240 e. The molecule has 0 amide bonds. The Morgan fingerprint density at radius 3 is 2.59 bits per heavy atom. The van der Waals surface area contributed by atoms with Crippen LogP contribution in [-0.2, 0) is 23.0 Å². The van der Waals surface area contributed by atoms with Gasteiger partial charge in [-0.3, -0.25) is 0 Å². The summed E-state index contributed by atoms with van der Waals surface area (Å²) in [6.07, 6.45) is 1.46. The Morgan fingerprint density at radius 2 is 1.86 bits per heavy atom. The number of nitrogens with zero attached hydrogens (tertiary/aromatic N) is 3. The minimum Gasteiger partial charge on any atom is -0.328 e. The molecule has 0 unspecified atom stereocenters. The van der Waals surface area contributed by atoms with Crippen molar-refractivity contribution < 1.29 is 8.42 Å². The summed E-state index contributed by atoms with van der Waals surface area (Å²) in [5.74, 6) is 0.863. The maximum Gasteiger partial charge on any atom is 0.240 e. The molecular weight excluding hydrogens is 431 g/mol. The predicted octanol–water partition coefficient (Wildman–Crippen LogP) is 3.82. The predicted molar refractivity (Wildman–Crippen MR) is 118 cm³/mol. The third kappa shape index (κ3) is 5.49. The molecule has 0 aliphatic heterocycles. The fourth-order valence-corrected chi connectivity index (χ4v) is 4.56. The molecule has 0 atom stereocenters. The number of benzene rings is 2. The van der Waals surface area contributed by atoms with Gasteiger partial charge < -0.3 is 9.47 Å². The monoisotopic (exact) mass is 454 g/mol. The lowest BCUT2D eigenvalue weighted by Gasteiger charge is -2.13. The summed E-state index contributed by atoms with van der Waals surface area (Å²) >= 11 is 11.8. The first-order chi connectivity index (χ1) is 13.8. The Bertz CT molecular complexity index is 1100. The van der Waals surface area contributed by atoms with Crippen LogP contribution in [0.3, 0.4) is 0 Å². The summed E-state index contributed by atoms with van der Waals surface area (Å²) in [4.78, 5) is 6.94. The first-order valence-electron chi connectivity index (χ1n) is 9.31. The summed E-state index contributed by atoms with van der Waals surface area (Å²) in [7, 11) is 0.415. The van der Waals surface area contributed by atoms with Gasteiger partial charge in [0.25, 0.3) is 0 Å². The summed E-state index contributed by atoms with van der Waals surface area (Å²) in [6, 6.07) is 12.2. The van der Waals surface area contributed by atoms with Gasteiger partial charge >= 0.3 is 0 Å². The topological polar surface area (TPSA) is 67.2 Å². The molecule has 29 heavy (non-hydrogen) atoms. The highest BCUT2D eigenvalue weighted by molar-refractivity contribution is 7.89. The van der Waals surface area contributed by atoms with Crippen LogP contribution in [-0.4, -0.2) is 50.1 Å². The number of aryl methyl sites for hydroxylation is 1. The maximum absolute atomic E-state index is 12.5. The van der Waals surface area contributed by atoms with Crippen LogP contribution in [0.5, 0.6) is 0 Å². The third-order valence-electron chi connectivity index (χ3n) is 4.56. The normalized spacial score (nSPS) is 12.2. The van der Waals surface area contributed by atoms with Crippen molar-refractivity contribution in [3.63, 3.8) is 0 Å². The number of hydrogen-bond acceptors (Lipinski definition) is 4. The van der Waals surface area contributed by atoms with Crippen LogP contribution < -0.4 is 4.72 Å². The Labute approximate surface area is 181 Å². The zero-order valence-electron chi connectivity index (χ0n) is 16.4. The minimum atomic E-state index is -3.68. The van der Waals surface area contributed by atoms with E-state index in [1.165, 1.54) is 18.2 Å². The minimum absolute atomic E-state index is 0.0892. The molecule has 6 nitrogen and oxygen atoms in total. The Kier molecular flexibility index (Phi) is 7.19. The third-order valence-corrected chi connectivity index (χ3v) is 6.76. The molecule has 0 aliphatic rings. The summed E-state index contributed by atoms with van der Waals surface area (Å²) < 4.78 is 29.9. The molecule has 0 saturated carbocycles. The highest BCUT2D eigenvalue weighted by Gasteiger charge is 2.16. The highest BCUT2D eigenvalue weighted by Crippen LogP contribution is 2.24. The molecule has 1 aromatic heterocycles. The van der Waals surface area contributed by atoms with Crippen molar-refractivity contribution in [3.8, 4) is 0 Å². The molecule has 0 bridgehead atoms. The molecule has 0 saturated heterocycles. The molecule has 156 valence electrons. The van der Waals surface area contributed by atoms with Gasteiger partial charge in [0.15, 0.2) is 0 Å². The second kappa shape index (κ2) is 9.45. The average Bonchev–Trinajstić information content (AvgIpc) is 3.01. The van der Waals surface area contributed by atoms with Gasteiger partial charge in [-0.15, -0.1) is 0 Å². The van der Waals surface area contributed by atoms with E-state index in [0.717, 1.165) is 36.4 Å². The number of para-hydroxylation sites is 2. The standard InChI is InChI=1S/C20H24Cl2N4O2S/c1-25(2)12-5-13-26-19-7-4-3-6-18(19)24-20(26)10-11-23-29(27,28)15-8-9-16(21)17(22)14-15/h3-4,6-9,14,23H,5,10-13H2,1-2H3. The number of fused-ring (bicyclic) bond motifs is 1. The Hall–Kier alpha value is -1.64. The lowest BCUT2D eigenvalue weighted by Crippen LogP contribution is -2.27. The molecule has 3 aromatic rings. The second-order valence-corrected chi connectivity index (χ2v) is 9.63. The van der Waals surface area contributed by atoms with Crippen LogP contribution in [0.15, 0.2) is 47.4 Å². The molecule has 1 N–H and O–H groups in total. The molecule has 0 radical (unpaired) electrons. The van der Waals surface area contributed by atoms with E-state index in [4.69, 9.17) is 28.2 Å². The quantitative estimate of drug-likeness (QED) is 0.533. The zero-order valence-corrected chi connectivity index (χ0v) is 18.7. The van der Waals surface area contributed by atoms with Gasteiger partial charge in [-0.25, -0.2) is 18.1 Å². The van der Waals surface area contributed by atoms with E-state index >= 15 is 0 Å². The van der Waals surface area contributed by atoms with Crippen LogP contribution in [0.2, 0.25) is 10.0 Å². The largest absolute Gasteiger partial charge is 0.328 e. The van der Waals surface area contributed by atoms with Crippen molar-refractivity contribution in [1.82, 2.24) is 19.2 Å². The first kappa shape index (κ1) is 22.1. The number of sulfonamides is 1. The van der Waals surface area contributed by atoms with Crippen molar-refractivity contribution in [3.05, 3.63) is 58.3 Å². The first-order valence-corrected chi connectivity index (χ1v) is 11.6. The van der Waals surface area contributed by atoms with E-state index in [9.17, 15) is 8.42 Å². The van der Waals surface area contributed by atoms with Crippen LogP contribution in [0.1, 0.15) is 12.2 Å². The van der Waals surface area contributed by atoms with Gasteiger partial charge in [0.1, 0.15) is 5.82 Å². The zero-order chi connectivity index (χ0) is 21.0. The van der Waals surface area contributed by atoms with Crippen molar-refractivity contribution in [2.45, 2.75) is 24.3 Å². The second-order valence-electron chi connectivity index (χ2n) is 7.05. The van der Waals surface area contributed by atoms with Gasteiger partial charge in [-0.05, 0) is 57.4 Å². The van der Waals surface area contributed by atoms with Gasteiger partial charge in [-0.2, -0.15) is 0 Å². The number of halogens is 2. The SMILES string of the molecule is CN(C)CCCn1c(CCNS(=O)(=O)c2ccc(Cl)c(Cl)c2)nc2ccccc21. The van der Waals surface area contributed by atoms with E-state index in [1.54, 1.807) is 0 Å². The van der Waals surface area contributed by atoms with Gasteiger partial charge in [0.2, 0.25) is 10.0 Å². The fraction of sp³-hybridized carbons (Fsp3) is 0.350. The van der Waals surface area contributed by atoms with Gasteiger partial charge in [-0.1, -0.05) is 35.3 Å². The number of imidazole rings is 1. The molecule has 1 heterocycles. The van der Waals surface area contributed by atoms with E-state index in [1.807, 2.05) is 38.4 Å². The van der Waals surface area contributed by atoms with Crippen molar-refractivity contribution in [2.75, 3.05) is 27.2 Å². The molecular formula is C20H24Cl2N4O2S. The van der Waals surface area contributed by atoms with Crippen LogP contribution in [0.4, 0.5) is 0 Å². The van der Waals surface area contributed by atoms with Crippen molar-refractivity contribution in [1.29, 1.82) is 0 Å². The van der Waals surface area contributed by atoms with Gasteiger partial charge in [0, 0.05) is 19.5 Å². The lowest BCUT2D eigenvalue weighted by molar-refractivity contribution is 0.386. The number of nitrogens with one attached hydrogen (secondary N) is 1. The van der Waals surface area contributed by atoms with Crippen molar-refractivity contribution >= 4 is 44.3 Å². The Morgan fingerprint density at radius 1 is 1.10 bits per heavy atom. The molecule has 3 rings (SSSR count). The summed E-state index contributed by atoms with van der Waals surface area (Å²) in [5.41, 5.74) is 1.98. The highest BCUT2D eigenvalue weighted by atomic mass is 35.5. The summed E-state index contributed by atoms with van der Waals surface area (Å²) in [5, 5.41) is 0.522. The number of hydrogen-bond donors (Lipinski definition) is 1. The van der Waals surface area contributed by atoms with Crippen LogP contribution in [0, 0.1) is 0 Å². The van der Waals surface area contributed by atoms with Crippen LogP contribution >= 0.6 is 23.2 Å². The van der Waals surface area contributed by atoms with Gasteiger partial charge in [0.05, 0.1) is 26.0 Å². The molecule has 0 aliphatic carbocycles. The number of rotatable bonds is 9. The van der Waals surface area contributed by atoms with Crippen molar-refractivity contribution in [2.24, 2.45) is 0 Å².